The fourth-order valence-corrected chi connectivity index (χ4v) is 7.13. The predicted octanol–water partition coefficient (Wildman–Crippen LogP) is 1.30. The zero-order valence-corrected chi connectivity index (χ0v) is 26.4. The number of nitrogens with two attached hydrogens (primary N) is 1. The number of carbonyl (C=O) groups excluding carboxylic acids is 5. The normalized spacial score (nSPS) is 22.3. The maximum atomic E-state index is 13.4. The number of hydrogen-bond donors (Lipinski definition) is 2. The molecule has 0 unspecified atom stereocenters. The number of likely N-dealkylation sites (tertiary alicyclic amines) is 1. The van der Waals surface area contributed by atoms with Crippen molar-refractivity contribution in [2.45, 2.75) is 43.9 Å². The van der Waals surface area contributed by atoms with E-state index in [1.54, 1.807) is 37.1 Å². The summed E-state index contributed by atoms with van der Waals surface area (Å²) in [6.45, 7) is 5.68. The van der Waals surface area contributed by atoms with Crippen LogP contribution in [0.1, 0.15) is 32.9 Å². The highest BCUT2D eigenvalue weighted by Crippen LogP contribution is 2.41. The number of thioether (sulfide) groups is 2. The highest BCUT2D eigenvalue weighted by molar-refractivity contribution is 8.02. The number of nitrogens with one attached hydrogen (secondary N) is 1. The van der Waals surface area contributed by atoms with Crippen LogP contribution < -0.4 is 11.1 Å². The third kappa shape index (κ3) is 7.51. The van der Waals surface area contributed by atoms with Crippen molar-refractivity contribution in [1.29, 1.82) is 0 Å². The van der Waals surface area contributed by atoms with Crippen molar-refractivity contribution >= 4 is 75.9 Å². The molecule has 2 fully saturated rings. The van der Waals surface area contributed by atoms with Crippen LogP contribution in [0.25, 0.3) is 0 Å². The fourth-order valence-electron chi connectivity index (χ4n) is 4.28. The van der Waals surface area contributed by atoms with Gasteiger partial charge in [0.25, 0.3) is 11.8 Å². The van der Waals surface area contributed by atoms with Gasteiger partial charge in [-0.05, 0) is 44.2 Å². The van der Waals surface area contributed by atoms with Gasteiger partial charge in [-0.15, -0.1) is 34.9 Å². The second-order valence-corrected chi connectivity index (χ2v) is 13.8. The number of rotatable bonds is 11. The first-order valence-corrected chi connectivity index (χ1v) is 16.0. The van der Waals surface area contributed by atoms with E-state index in [9.17, 15) is 24.0 Å². The van der Waals surface area contributed by atoms with Crippen LogP contribution in [0.4, 0.5) is 5.13 Å². The molecule has 1 aromatic heterocycles. The summed E-state index contributed by atoms with van der Waals surface area (Å²) in [6, 6.07) is -0.968. The van der Waals surface area contributed by atoms with E-state index in [4.69, 9.17) is 20.0 Å². The predicted molar refractivity (Wildman–Crippen MR) is 161 cm³/mol. The summed E-state index contributed by atoms with van der Waals surface area (Å²) in [6.07, 6.45) is 3.41. The van der Waals surface area contributed by atoms with Crippen molar-refractivity contribution in [3.05, 3.63) is 33.8 Å². The van der Waals surface area contributed by atoms with E-state index in [2.05, 4.69) is 15.5 Å². The molecule has 232 valence electrons. The molecule has 17 heteroatoms. The number of hydrogen-bond acceptors (Lipinski definition) is 14. The number of carbonyl (C=O) groups is 5. The smallest absolute Gasteiger partial charge is 0.358 e. The SMILES string of the molecule is CON=C(C(=O)N[C@@H]1C(=O)N2C(C(=O)OCOC(=O)C(C)(C)C)=C(/C=C/S[C@H]3CCN(C=O)C3)CS[C@H]12)c1csc(N)n1. The lowest BCUT2D eigenvalue weighted by Crippen LogP contribution is -2.71. The number of allylic oxidation sites excluding steroid dienone is 1. The monoisotopic (exact) mass is 652 g/mol. The molecule has 0 aromatic carbocycles. The molecule has 0 saturated carbocycles. The van der Waals surface area contributed by atoms with E-state index in [1.165, 1.54) is 35.5 Å². The van der Waals surface area contributed by atoms with Crippen molar-refractivity contribution in [2.75, 3.05) is 38.5 Å². The Bertz CT molecular complexity index is 1370. The van der Waals surface area contributed by atoms with E-state index in [0.29, 0.717) is 24.4 Å². The number of anilines is 1. The van der Waals surface area contributed by atoms with Crippen LogP contribution in [-0.4, -0.2) is 100 Å². The summed E-state index contributed by atoms with van der Waals surface area (Å²) in [7, 11) is 1.27. The van der Waals surface area contributed by atoms with Gasteiger partial charge in [0, 0.05) is 29.5 Å². The first-order valence-electron chi connectivity index (χ1n) is 13.1. The van der Waals surface area contributed by atoms with E-state index >= 15 is 0 Å². The van der Waals surface area contributed by atoms with E-state index in [-0.39, 0.29) is 27.5 Å². The van der Waals surface area contributed by atoms with Crippen LogP contribution in [-0.2, 0) is 38.3 Å². The van der Waals surface area contributed by atoms with Crippen molar-refractivity contribution in [2.24, 2.45) is 10.6 Å². The minimum Gasteiger partial charge on any atom is -0.427 e. The average Bonchev–Trinajstić information content (AvgIpc) is 3.62. The summed E-state index contributed by atoms with van der Waals surface area (Å²) < 4.78 is 10.3. The molecule has 14 nitrogen and oxygen atoms in total. The van der Waals surface area contributed by atoms with E-state index in [1.807, 2.05) is 5.41 Å². The van der Waals surface area contributed by atoms with Gasteiger partial charge >= 0.3 is 11.9 Å². The third-order valence-corrected chi connectivity index (χ3v) is 9.54. The number of thiazole rings is 1. The molecule has 2 saturated heterocycles. The van der Waals surface area contributed by atoms with Crippen molar-refractivity contribution in [3.8, 4) is 0 Å². The zero-order valence-electron chi connectivity index (χ0n) is 23.9. The highest BCUT2D eigenvalue weighted by Gasteiger charge is 2.54. The quantitative estimate of drug-likeness (QED) is 0.0874. The second-order valence-electron chi connectivity index (χ2n) is 10.6. The molecule has 3 atom stereocenters. The number of fused-ring (bicyclic) bond motifs is 1. The molecule has 3 aliphatic rings. The largest absolute Gasteiger partial charge is 0.427 e. The second kappa shape index (κ2) is 13.8. The van der Waals surface area contributed by atoms with Crippen molar-refractivity contribution < 1.29 is 38.3 Å². The Kier molecular flexibility index (Phi) is 10.4. The van der Waals surface area contributed by atoms with Gasteiger partial charge in [-0.2, -0.15) is 0 Å². The third-order valence-electron chi connectivity index (χ3n) is 6.50. The number of nitrogen functional groups attached to an aromatic ring is 1. The fraction of sp³-hybridized carbons (Fsp3) is 0.500. The van der Waals surface area contributed by atoms with Gasteiger partial charge in [-0.25, -0.2) is 9.78 Å². The maximum Gasteiger partial charge on any atom is 0.358 e. The average molecular weight is 653 g/mol. The number of aromatic nitrogens is 1. The highest BCUT2D eigenvalue weighted by atomic mass is 32.2. The summed E-state index contributed by atoms with van der Waals surface area (Å²) in [5.74, 6) is -2.30. The van der Waals surface area contributed by atoms with Gasteiger partial charge in [-0.3, -0.25) is 24.1 Å². The molecule has 3 N–H and O–H groups in total. The maximum absolute atomic E-state index is 13.4. The minimum atomic E-state index is -0.968. The number of ether oxygens (including phenoxy) is 2. The molecule has 4 rings (SSSR count). The Morgan fingerprint density at radius 3 is 2.70 bits per heavy atom. The molecule has 3 aliphatic heterocycles. The van der Waals surface area contributed by atoms with Crippen molar-refractivity contribution in [1.82, 2.24) is 20.1 Å². The Balaban J connectivity index is 1.50. The number of oxime groups is 1. The summed E-state index contributed by atoms with van der Waals surface area (Å²) >= 11 is 4.00. The van der Waals surface area contributed by atoms with Gasteiger partial charge in [0.1, 0.15) is 29.9 Å². The Morgan fingerprint density at radius 1 is 1.30 bits per heavy atom. The van der Waals surface area contributed by atoms with Crippen LogP contribution in [0, 0.1) is 5.41 Å². The molecule has 0 radical (unpaired) electrons. The summed E-state index contributed by atoms with van der Waals surface area (Å²) in [5.41, 5.74) is 5.47. The molecule has 0 aliphatic carbocycles. The van der Waals surface area contributed by atoms with Gasteiger partial charge < -0.3 is 30.3 Å². The van der Waals surface area contributed by atoms with Crippen LogP contribution in [0.5, 0.6) is 0 Å². The molecular formula is C26H32N6O8S3. The lowest BCUT2D eigenvalue weighted by Gasteiger charge is -2.49. The summed E-state index contributed by atoms with van der Waals surface area (Å²) in [4.78, 5) is 74.7. The van der Waals surface area contributed by atoms with Gasteiger partial charge in [-0.1, -0.05) is 5.16 Å². The van der Waals surface area contributed by atoms with Crippen LogP contribution >= 0.6 is 34.9 Å². The number of β-lactam (4-membered cyclic amide) rings is 1. The van der Waals surface area contributed by atoms with E-state index in [0.717, 1.165) is 24.2 Å². The van der Waals surface area contributed by atoms with Crippen LogP contribution in [0.15, 0.2) is 33.3 Å². The molecular weight excluding hydrogens is 621 g/mol. The summed E-state index contributed by atoms with van der Waals surface area (Å²) in [5, 5.41) is 9.61. The standard InChI is InChI=1S/C26H32N6O8S3/c1-26(2,3)24(37)40-13-39-23(36)19-14(6-8-41-15-5-7-31(9-15)12-33)10-42-22-18(21(35)32(19)22)29-20(34)17(30-38-4)16-11-43-25(27)28-16/h6,8,11-12,15,18,22H,5,7,9-10,13H2,1-4H3,(H2,27,28)(H,29,34)/b8-6+,30-17?/t15-,18+,22+/m0/s1. The van der Waals surface area contributed by atoms with Crippen LogP contribution in [0.2, 0.25) is 0 Å². The molecule has 4 heterocycles. The topological polar surface area (TPSA) is 183 Å². The lowest BCUT2D eigenvalue weighted by atomic mass is 9.98. The zero-order chi connectivity index (χ0) is 31.3. The van der Waals surface area contributed by atoms with E-state index < -0.39 is 47.4 Å². The first kappa shape index (κ1) is 32.3. The Hall–Kier alpha value is -3.57. The van der Waals surface area contributed by atoms with Crippen molar-refractivity contribution in [3.63, 3.8) is 0 Å². The van der Waals surface area contributed by atoms with Gasteiger partial charge in [0.2, 0.25) is 13.2 Å². The molecule has 3 amide bonds. The number of esters is 2. The number of amides is 3. The molecule has 1 aromatic rings. The van der Waals surface area contributed by atoms with Gasteiger partial charge in [0.05, 0.1) is 5.41 Å². The minimum absolute atomic E-state index is 0.00176. The van der Waals surface area contributed by atoms with Gasteiger partial charge in [0.15, 0.2) is 10.8 Å². The Labute approximate surface area is 260 Å². The molecule has 43 heavy (non-hydrogen) atoms. The first-order chi connectivity index (χ1) is 20.4. The molecule has 0 spiro atoms. The lowest BCUT2D eigenvalue weighted by molar-refractivity contribution is -0.173. The molecule has 0 bridgehead atoms. The van der Waals surface area contributed by atoms with Crippen LogP contribution in [0.3, 0.4) is 0 Å². The number of nitrogens with zero attached hydrogens (tertiary/aromatic N) is 4. The Morgan fingerprint density at radius 2 is 2.07 bits per heavy atom.